The molecule has 1 unspecified atom stereocenters. The molecule has 8 heteroatoms. The van der Waals surface area contributed by atoms with Crippen molar-refractivity contribution in [3.8, 4) is 0 Å². The van der Waals surface area contributed by atoms with Gasteiger partial charge in [-0.2, -0.15) is 0 Å². The number of rotatable bonds is 5. The summed E-state index contributed by atoms with van der Waals surface area (Å²) >= 11 is 0. The van der Waals surface area contributed by atoms with Gasteiger partial charge in [0.2, 0.25) is 10.0 Å². The third kappa shape index (κ3) is 3.99. The average Bonchev–Trinajstić information content (AvgIpc) is 2.36. The van der Waals surface area contributed by atoms with Gasteiger partial charge in [-0.3, -0.25) is 4.79 Å². The van der Waals surface area contributed by atoms with Crippen LogP contribution in [-0.4, -0.2) is 34.1 Å². The van der Waals surface area contributed by atoms with Gasteiger partial charge in [0, 0.05) is 19.2 Å². The standard InChI is InChI=1S/C12H17FN2O4S/c1-7(19-3)6-15-12(16)10-4-9(13)5-11(8(10)2)20(14,17)18/h4-5,7H,6H2,1-3H3,(H,15,16)(H2,14,17,18). The SMILES string of the molecule is COC(C)CNC(=O)c1cc(F)cc(S(N)(=O)=O)c1C. The summed E-state index contributed by atoms with van der Waals surface area (Å²) in [6.07, 6.45) is -0.217. The highest BCUT2D eigenvalue weighted by molar-refractivity contribution is 7.89. The van der Waals surface area contributed by atoms with E-state index in [9.17, 15) is 17.6 Å². The van der Waals surface area contributed by atoms with Gasteiger partial charge in [0.1, 0.15) is 5.82 Å². The minimum absolute atomic E-state index is 0.0719. The molecule has 20 heavy (non-hydrogen) atoms. The van der Waals surface area contributed by atoms with E-state index in [0.717, 1.165) is 12.1 Å². The molecule has 0 spiro atoms. The Hall–Kier alpha value is -1.51. The number of hydrogen-bond donors (Lipinski definition) is 2. The number of benzene rings is 1. The number of hydrogen-bond acceptors (Lipinski definition) is 4. The van der Waals surface area contributed by atoms with Crippen molar-refractivity contribution in [3.63, 3.8) is 0 Å². The molecule has 1 aromatic rings. The second kappa shape index (κ2) is 6.29. The molecule has 0 aliphatic carbocycles. The molecule has 0 saturated heterocycles. The predicted octanol–water partition coefficient (Wildman–Crippen LogP) is 0.546. The summed E-state index contributed by atoms with van der Waals surface area (Å²) in [5.74, 6) is -1.43. The van der Waals surface area contributed by atoms with Crippen molar-refractivity contribution in [2.24, 2.45) is 5.14 Å². The maximum atomic E-state index is 13.4. The molecule has 0 heterocycles. The molecule has 112 valence electrons. The monoisotopic (exact) mass is 304 g/mol. The molecule has 1 rings (SSSR count). The minimum atomic E-state index is -4.09. The van der Waals surface area contributed by atoms with Crippen LogP contribution in [0.1, 0.15) is 22.8 Å². The number of carbonyl (C=O) groups excluding carboxylic acids is 1. The normalized spacial score (nSPS) is 13.1. The molecule has 0 aliphatic rings. The van der Waals surface area contributed by atoms with E-state index in [1.54, 1.807) is 6.92 Å². The van der Waals surface area contributed by atoms with Crippen molar-refractivity contribution in [3.05, 3.63) is 29.1 Å². The Balaban J connectivity index is 3.13. The van der Waals surface area contributed by atoms with E-state index in [0.29, 0.717) is 0 Å². The smallest absolute Gasteiger partial charge is 0.251 e. The van der Waals surface area contributed by atoms with Gasteiger partial charge in [-0.05, 0) is 31.5 Å². The highest BCUT2D eigenvalue weighted by atomic mass is 32.2. The number of halogens is 1. The summed E-state index contributed by atoms with van der Waals surface area (Å²) in [6.45, 7) is 3.36. The van der Waals surface area contributed by atoms with E-state index in [1.807, 2.05) is 0 Å². The van der Waals surface area contributed by atoms with Crippen LogP contribution >= 0.6 is 0 Å². The van der Waals surface area contributed by atoms with Crippen molar-refractivity contribution < 1.29 is 22.3 Å². The molecular weight excluding hydrogens is 287 g/mol. The first-order chi connectivity index (χ1) is 9.16. The van der Waals surface area contributed by atoms with Gasteiger partial charge in [0.15, 0.2) is 0 Å². The molecule has 1 aromatic carbocycles. The lowest BCUT2D eigenvalue weighted by molar-refractivity contribution is 0.0869. The molecule has 0 bridgehead atoms. The fourth-order valence-corrected chi connectivity index (χ4v) is 2.41. The summed E-state index contributed by atoms with van der Waals surface area (Å²) in [5.41, 5.74) is 0.0359. The Morgan fingerprint density at radius 3 is 2.60 bits per heavy atom. The summed E-state index contributed by atoms with van der Waals surface area (Å²) in [6, 6.07) is 1.76. The molecule has 6 nitrogen and oxygen atoms in total. The van der Waals surface area contributed by atoms with Crippen LogP contribution < -0.4 is 10.5 Å². The van der Waals surface area contributed by atoms with Gasteiger partial charge in [-0.15, -0.1) is 0 Å². The van der Waals surface area contributed by atoms with Crippen LogP contribution in [0.5, 0.6) is 0 Å². The zero-order valence-electron chi connectivity index (χ0n) is 11.4. The summed E-state index contributed by atoms with van der Waals surface area (Å²) in [5, 5.41) is 7.52. The average molecular weight is 304 g/mol. The molecule has 0 saturated carbocycles. The van der Waals surface area contributed by atoms with Crippen molar-refractivity contribution in [1.82, 2.24) is 5.32 Å². The summed E-state index contributed by atoms with van der Waals surface area (Å²) in [7, 11) is -2.60. The third-order valence-electron chi connectivity index (χ3n) is 2.83. The van der Waals surface area contributed by atoms with Gasteiger partial charge in [-0.25, -0.2) is 17.9 Å². The Morgan fingerprint density at radius 1 is 1.50 bits per heavy atom. The van der Waals surface area contributed by atoms with E-state index in [4.69, 9.17) is 9.88 Å². The van der Waals surface area contributed by atoms with Crippen molar-refractivity contribution in [2.45, 2.75) is 24.8 Å². The molecule has 0 fully saturated rings. The number of methoxy groups -OCH3 is 1. The van der Waals surface area contributed by atoms with Crippen LogP contribution in [0, 0.1) is 12.7 Å². The topological polar surface area (TPSA) is 98.5 Å². The van der Waals surface area contributed by atoms with Crippen LogP contribution in [0.3, 0.4) is 0 Å². The Labute approximate surface area is 117 Å². The van der Waals surface area contributed by atoms with Crippen molar-refractivity contribution in [2.75, 3.05) is 13.7 Å². The maximum absolute atomic E-state index is 13.4. The fourth-order valence-electron chi connectivity index (χ4n) is 1.60. The molecule has 1 atom stereocenters. The Kier molecular flexibility index (Phi) is 5.21. The van der Waals surface area contributed by atoms with Gasteiger partial charge >= 0.3 is 0 Å². The van der Waals surface area contributed by atoms with E-state index in [2.05, 4.69) is 5.32 Å². The maximum Gasteiger partial charge on any atom is 0.251 e. The zero-order valence-corrected chi connectivity index (χ0v) is 12.3. The second-order valence-corrected chi connectivity index (χ2v) is 5.91. The quantitative estimate of drug-likeness (QED) is 0.829. The first-order valence-corrected chi connectivity index (χ1v) is 7.35. The zero-order chi connectivity index (χ0) is 15.5. The predicted molar refractivity (Wildman–Crippen MR) is 71.3 cm³/mol. The molecule has 3 N–H and O–H groups in total. The lowest BCUT2D eigenvalue weighted by atomic mass is 10.1. The Morgan fingerprint density at radius 2 is 2.10 bits per heavy atom. The van der Waals surface area contributed by atoms with Crippen molar-refractivity contribution in [1.29, 1.82) is 0 Å². The van der Waals surface area contributed by atoms with Crippen LogP contribution in [0.4, 0.5) is 4.39 Å². The summed E-state index contributed by atoms with van der Waals surface area (Å²) < 4.78 is 41.1. The van der Waals surface area contributed by atoms with Crippen molar-refractivity contribution >= 4 is 15.9 Å². The molecular formula is C12H17FN2O4S. The number of nitrogens with two attached hydrogens (primary N) is 1. The van der Waals surface area contributed by atoms with Gasteiger partial charge in [0.05, 0.1) is 11.0 Å². The van der Waals surface area contributed by atoms with E-state index < -0.39 is 26.6 Å². The first kappa shape index (κ1) is 16.5. The number of primary sulfonamides is 1. The van der Waals surface area contributed by atoms with Crippen LogP contribution in [0.2, 0.25) is 0 Å². The van der Waals surface area contributed by atoms with Crippen LogP contribution in [-0.2, 0) is 14.8 Å². The second-order valence-electron chi connectivity index (χ2n) is 4.38. The van der Waals surface area contributed by atoms with Crippen LogP contribution in [0.25, 0.3) is 0 Å². The Bertz CT molecular complexity index is 616. The lowest BCUT2D eigenvalue weighted by Gasteiger charge is -2.13. The summed E-state index contributed by atoms with van der Waals surface area (Å²) in [4.78, 5) is 11.5. The molecule has 0 aromatic heterocycles. The lowest BCUT2D eigenvalue weighted by Crippen LogP contribution is -2.32. The fraction of sp³-hybridized carbons (Fsp3) is 0.417. The molecule has 1 amide bonds. The molecule has 0 aliphatic heterocycles. The van der Waals surface area contributed by atoms with Gasteiger partial charge in [-0.1, -0.05) is 0 Å². The van der Waals surface area contributed by atoms with Gasteiger partial charge in [0.25, 0.3) is 5.91 Å². The third-order valence-corrected chi connectivity index (χ3v) is 3.87. The van der Waals surface area contributed by atoms with E-state index in [-0.39, 0.29) is 23.8 Å². The minimum Gasteiger partial charge on any atom is -0.380 e. The number of carbonyl (C=O) groups is 1. The highest BCUT2D eigenvalue weighted by Gasteiger charge is 2.20. The van der Waals surface area contributed by atoms with E-state index in [1.165, 1.54) is 14.0 Å². The van der Waals surface area contributed by atoms with Crippen LogP contribution in [0.15, 0.2) is 17.0 Å². The largest absolute Gasteiger partial charge is 0.380 e. The molecule has 0 radical (unpaired) electrons. The number of ether oxygens (including phenoxy) is 1. The first-order valence-electron chi connectivity index (χ1n) is 5.80. The van der Waals surface area contributed by atoms with E-state index >= 15 is 0 Å². The number of amides is 1. The highest BCUT2D eigenvalue weighted by Crippen LogP contribution is 2.20. The van der Waals surface area contributed by atoms with Gasteiger partial charge < -0.3 is 10.1 Å². The number of nitrogens with one attached hydrogen (secondary N) is 1. The number of sulfonamides is 1.